The van der Waals surface area contributed by atoms with Gasteiger partial charge in [-0.15, -0.1) is 0 Å². The number of nitrogens with zero attached hydrogens (tertiary/aromatic N) is 3. The Morgan fingerprint density at radius 3 is 2.68 bits per heavy atom. The van der Waals surface area contributed by atoms with E-state index in [1.807, 2.05) is 51.0 Å². The molecule has 2 aromatic heterocycles. The number of carbonyl (C=O) groups excluding carboxylic acids is 2. The molecule has 0 atom stereocenters. The molecule has 1 spiro atoms. The summed E-state index contributed by atoms with van der Waals surface area (Å²) in [5.74, 6) is 0.940. The van der Waals surface area contributed by atoms with Crippen molar-refractivity contribution in [3.8, 4) is 16.9 Å². The maximum atomic E-state index is 13.5. The third-order valence-electron chi connectivity index (χ3n) is 6.59. The molecule has 3 aromatic rings. The molecule has 5 rings (SSSR count). The van der Waals surface area contributed by atoms with Gasteiger partial charge in [-0.1, -0.05) is 0 Å². The van der Waals surface area contributed by atoms with Crippen LogP contribution in [0.1, 0.15) is 29.6 Å². The van der Waals surface area contributed by atoms with Crippen molar-refractivity contribution in [2.75, 3.05) is 31.6 Å². The second-order valence-corrected chi connectivity index (χ2v) is 8.94. The van der Waals surface area contributed by atoms with Crippen LogP contribution in [0.25, 0.3) is 11.1 Å². The van der Waals surface area contributed by atoms with Crippen molar-refractivity contribution in [1.29, 1.82) is 0 Å². The Morgan fingerprint density at radius 1 is 1.19 bits per heavy atom. The van der Waals surface area contributed by atoms with E-state index in [0.29, 0.717) is 38.2 Å². The molecular formula is C23H24N4O3S. The molecule has 1 aromatic carbocycles. The van der Waals surface area contributed by atoms with Gasteiger partial charge >= 0.3 is 0 Å². The summed E-state index contributed by atoms with van der Waals surface area (Å²) in [4.78, 5) is 29.9. The molecule has 2 aliphatic heterocycles. The topological polar surface area (TPSA) is 78.5 Å². The Bertz CT molecular complexity index is 1090. The number of H-pyrrole nitrogens is 1. The SMILES string of the molecule is COc1cc(N2CCC3(CCN(C(=O)c4ccsc4)CC3)C2=O)ccc1-c1cn[nH]c1. The minimum Gasteiger partial charge on any atom is -0.496 e. The molecule has 31 heavy (non-hydrogen) atoms. The van der Waals surface area contributed by atoms with E-state index in [4.69, 9.17) is 4.74 Å². The van der Waals surface area contributed by atoms with Crippen LogP contribution in [0.2, 0.25) is 0 Å². The van der Waals surface area contributed by atoms with Gasteiger partial charge in [0.2, 0.25) is 5.91 Å². The Labute approximate surface area is 184 Å². The number of aromatic nitrogens is 2. The molecule has 2 saturated heterocycles. The number of nitrogens with one attached hydrogen (secondary N) is 1. The van der Waals surface area contributed by atoms with Gasteiger partial charge in [0.15, 0.2) is 0 Å². The van der Waals surface area contributed by atoms with E-state index in [1.54, 1.807) is 13.3 Å². The number of hydrogen-bond donors (Lipinski definition) is 1. The van der Waals surface area contributed by atoms with Crippen LogP contribution in [0.3, 0.4) is 0 Å². The van der Waals surface area contributed by atoms with Crippen LogP contribution in [0.4, 0.5) is 5.69 Å². The zero-order valence-corrected chi connectivity index (χ0v) is 18.2. The number of piperidine rings is 1. The molecule has 2 aliphatic rings. The summed E-state index contributed by atoms with van der Waals surface area (Å²) >= 11 is 1.53. The summed E-state index contributed by atoms with van der Waals surface area (Å²) in [6.07, 6.45) is 5.81. The van der Waals surface area contributed by atoms with Gasteiger partial charge in [0.1, 0.15) is 5.75 Å². The molecule has 7 nitrogen and oxygen atoms in total. The molecule has 2 fully saturated rings. The molecular weight excluding hydrogens is 412 g/mol. The number of hydrogen-bond acceptors (Lipinski definition) is 5. The lowest BCUT2D eigenvalue weighted by molar-refractivity contribution is -0.127. The highest BCUT2D eigenvalue weighted by Gasteiger charge is 2.49. The van der Waals surface area contributed by atoms with E-state index >= 15 is 0 Å². The van der Waals surface area contributed by atoms with Crippen LogP contribution in [-0.2, 0) is 4.79 Å². The summed E-state index contributed by atoms with van der Waals surface area (Å²) in [6.45, 7) is 1.93. The highest BCUT2D eigenvalue weighted by Crippen LogP contribution is 2.44. The first-order chi connectivity index (χ1) is 15.1. The Kier molecular flexibility index (Phi) is 5.02. The molecule has 0 aliphatic carbocycles. The van der Waals surface area contributed by atoms with Gasteiger partial charge in [-0.05, 0) is 42.8 Å². The van der Waals surface area contributed by atoms with Crippen molar-refractivity contribution in [3.63, 3.8) is 0 Å². The van der Waals surface area contributed by atoms with E-state index in [0.717, 1.165) is 28.8 Å². The van der Waals surface area contributed by atoms with Crippen molar-refractivity contribution < 1.29 is 14.3 Å². The molecule has 0 saturated carbocycles. The minimum atomic E-state index is -0.373. The van der Waals surface area contributed by atoms with Gasteiger partial charge in [0.25, 0.3) is 5.91 Å². The first-order valence-corrected chi connectivity index (χ1v) is 11.4. The van der Waals surface area contributed by atoms with Crippen molar-refractivity contribution in [2.45, 2.75) is 19.3 Å². The first kappa shape index (κ1) is 19.8. The van der Waals surface area contributed by atoms with Gasteiger partial charge in [0, 0.05) is 54.1 Å². The van der Waals surface area contributed by atoms with E-state index in [-0.39, 0.29) is 17.2 Å². The fraction of sp³-hybridized carbons (Fsp3) is 0.348. The van der Waals surface area contributed by atoms with Crippen molar-refractivity contribution in [2.24, 2.45) is 5.41 Å². The van der Waals surface area contributed by atoms with E-state index in [1.165, 1.54) is 11.3 Å². The summed E-state index contributed by atoms with van der Waals surface area (Å²) in [5, 5.41) is 10.6. The fourth-order valence-corrected chi connectivity index (χ4v) is 5.35. The summed E-state index contributed by atoms with van der Waals surface area (Å²) in [7, 11) is 1.64. The van der Waals surface area contributed by atoms with E-state index < -0.39 is 0 Å². The fourth-order valence-electron chi connectivity index (χ4n) is 4.72. The second-order valence-electron chi connectivity index (χ2n) is 8.16. The molecule has 0 unspecified atom stereocenters. The highest BCUT2D eigenvalue weighted by molar-refractivity contribution is 7.08. The number of ether oxygens (including phenoxy) is 1. The Balaban J connectivity index is 1.32. The van der Waals surface area contributed by atoms with Crippen LogP contribution in [0.5, 0.6) is 5.75 Å². The monoisotopic (exact) mass is 436 g/mol. The van der Waals surface area contributed by atoms with Gasteiger partial charge in [-0.2, -0.15) is 16.4 Å². The van der Waals surface area contributed by atoms with Gasteiger partial charge < -0.3 is 14.5 Å². The number of methoxy groups -OCH3 is 1. The Hall–Kier alpha value is -3.13. The van der Waals surface area contributed by atoms with Crippen LogP contribution >= 0.6 is 11.3 Å². The summed E-state index contributed by atoms with van der Waals surface area (Å²) in [6, 6.07) is 7.73. The lowest BCUT2D eigenvalue weighted by Gasteiger charge is -2.38. The van der Waals surface area contributed by atoms with Crippen LogP contribution in [-0.4, -0.2) is 53.7 Å². The second kappa shape index (κ2) is 7.85. The lowest BCUT2D eigenvalue weighted by Crippen LogP contribution is -2.46. The normalized spacial score (nSPS) is 18.0. The molecule has 160 valence electrons. The zero-order valence-electron chi connectivity index (χ0n) is 17.3. The number of aromatic amines is 1. The molecule has 1 N–H and O–H groups in total. The summed E-state index contributed by atoms with van der Waals surface area (Å²) < 4.78 is 5.59. The lowest BCUT2D eigenvalue weighted by atomic mass is 9.77. The molecule has 4 heterocycles. The average Bonchev–Trinajstić information content (AvgIpc) is 3.57. The number of amides is 2. The number of thiophene rings is 1. The van der Waals surface area contributed by atoms with Gasteiger partial charge in [-0.25, -0.2) is 0 Å². The first-order valence-electron chi connectivity index (χ1n) is 10.4. The highest BCUT2D eigenvalue weighted by atomic mass is 32.1. The molecule has 2 amide bonds. The van der Waals surface area contributed by atoms with Gasteiger partial charge in [0.05, 0.1) is 24.3 Å². The summed E-state index contributed by atoms with van der Waals surface area (Å²) in [5.41, 5.74) is 3.09. The molecule has 0 bridgehead atoms. The molecule has 8 heteroatoms. The quantitative estimate of drug-likeness (QED) is 0.675. The van der Waals surface area contributed by atoms with E-state index in [2.05, 4.69) is 10.2 Å². The van der Waals surface area contributed by atoms with Crippen molar-refractivity contribution in [3.05, 3.63) is 53.0 Å². The number of carbonyl (C=O) groups is 2. The molecule has 0 radical (unpaired) electrons. The smallest absolute Gasteiger partial charge is 0.254 e. The van der Waals surface area contributed by atoms with Crippen LogP contribution < -0.4 is 9.64 Å². The van der Waals surface area contributed by atoms with Crippen molar-refractivity contribution >= 4 is 28.8 Å². The zero-order chi connectivity index (χ0) is 21.4. The largest absolute Gasteiger partial charge is 0.496 e. The van der Waals surface area contributed by atoms with Crippen LogP contribution in [0.15, 0.2) is 47.4 Å². The number of benzene rings is 1. The predicted molar refractivity (Wildman–Crippen MR) is 119 cm³/mol. The number of anilines is 1. The minimum absolute atomic E-state index is 0.0676. The third-order valence-corrected chi connectivity index (χ3v) is 7.28. The number of likely N-dealkylation sites (tertiary alicyclic amines) is 1. The Morgan fingerprint density at radius 2 is 2.00 bits per heavy atom. The van der Waals surface area contributed by atoms with Crippen molar-refractivity contribution in [1.82, 2.24) is 15.1 Å². The third kappa shape index (κ3) is 3.40. The maximum absolute atomic E-state index is 13.5. The average molecular weight is 437 g/mol. The standard InChI is InChI=1S/C23H24N4O3S/c1-30-20-12-18(2-3-19(20)17-13-24-25-14-17)27-10-7-23(22(27)29)5-8-26(9-6-23)21(28)16-4-11-31-15-16/h2-4,11-15H,5-10H2,1H3,(H,24,25). The number of rotatable bonds is 4. The van der Waals surface area contributed by atoms with E-state index in [9.17, 15) is 9.59 Å². The van der Waals surface area contributed by atoms with Gasteiger partial charge in [-0.3, -0.25) is 14.7 Å². The predicted octanol–water partition coefficient (Wildman–Crippen LogP) is 3.81. The maximum Gasteiger partial charge on any atom is 0.254 e. The van der Waals surface area contributed by atoms with Crippen LogP contribution in [0, 0.1) is 5.41 Å².